The highest BCUT2D eigenvalue weighted by Gasteiger charge is 2.29. The number of carbonyl (C=O) groups is 1. The van der Waals surface area contributed by atoms with Gasteiger partial charge < -0.3 is 20.3 Å². The standard InChI is InChI=1S/C25H23F2NO4/c26-24(27)20-12-6-5-11-19(20)23(30)22(29)13-28-25(31)32-14-21-17-9-3-1-7-15(17)16-8-2-4-10-18(16)21/h1-12,21-24,29-30H,13-14H2,(H,28,31). The molecule has 32 heavy (non-hydrogen) atoms. The molecule has 0 aliphatic heterocycles. The van der Waals surface area contributed by atoms with Crippen LogP contribution in [0.1, 0.15) is 40.7 Å². The fourth-order valence-electron chi connectivity index (χ4n) is 4.14. The average Bonchev–Trinajstić information content (AvgIpc) is 3.14. The summed E-state index contributed by atoms with van der Waals surface area (Å²) in [6, 6.07) is 21.3. The Bertz CT molecular complexity index is 1060. The number of aliphatic hydroxyl groups is 2. The Morgan fingerprint density at radius 3 is 2.00 bits per heavy atom. The molecule has 0 heterocycles. The number of rotatable bonds is 7. The molecule has 3 N–H and O–H groups in total. The monoisotopic (exact) mass is 439 g/mol. The summed E-state index contributed by atoms with van der Waals surface area (Å²) < 4.78 is 31.7. The van der Waals surface area contributed by atoms with Crippen molar-refractivity contribution in [3.63, 3.8) is 0 Å². The van der Waals surface area contributed by atoms with Crippen LogP contribution < -0.4 is 5.32 Å². The summed E-state index contributed by atoms with van der Waals surface area (Å²) in [7, 11) is 0. The van der Waals surface area contributed by atoms with Gasteiger partial charge in [-0.1, -0.05) is 72.8 Å². The van der Waals surface area contributed by atoms with Crippen LogP contribution in [0.3, 0.4) is 0 Å². The number of nitrogens with one attached hydrogen (secondary N) is 1. The van der Waals surface area contributed by atoms with Gasteiger partial charge in [0, 0.05) is 18.0 Å². The van der Waals surface area contributed by atoms with Gasteiger partial charge in [0.2, 0.25) is 0 Å². The molecule has 0 aromatic heterocycles. The molecule has 2 unspecified atom stereocenters. The van der Waals surface area contributed by atoms with Gasteiger partial charge in [-0.2, -0.15) is 0 Å². The zero-order valence-electron chi connectivity index (χ0n) is 17.1. The highest BCUT2D eigenvalue weighted by molar-refractivity contribution is 5.79. The van der Waals surface area contributed by atoms with E-state index in [9.17, 15) is 23.8 Å². The van der Waals surface area contributed by atoms with Gasteiger partial charge in [0.15, 0.2) is 0 Å². The summed E-state index contributed by atoms with van der Waals surface area (Å²) in [4.78, 5) is 12.2. The topological polar surface area (TPSA) is 78.8 Å². The third-order valence-electron chi connectivity index (χ3n) is 5.71. The minimum Gasteiger partial charge on any atom is -0.449 e. The van der Waals surface area contributed by atoms with Gasteiger partial charge in [0.25, 0.3) is 6.43 Å². The lowest BCUT2D eigenvalue weighted by molar-refractivity contribution is 0.0159. The molecule has 3 aromatic carbocycles. The summed E-state index contributed by atoms with van der Waals surface area (Å²) in [5.41, 5.74) is 3.91. The maximum absolute atomic E-state index is 13.1. The van der Waals surface area contributed by atoms with Crippen molar-refractivity contribution in [3.05, 3.63) is 95.1 Å². The quantitative estimate of drug-likeness (QED) is 0.504. The number of carbonyl (C=O) groups excluding carboxylic acids is 1. The molecule has 0 spiro atoms. The molecular formula is C25H23F2NO4. The van der Waals surface area contributed by atoms with Crippen molar-refractivity contribution in [2.24, 2.45) is 0 Å². The second-order valence-corrected chi connectivity index (χ2v) is 7.65. The third-order valence-corrected chi connectivity index (χ3v) is 5.71. The molecule has 0 saturated carbocycles. The van der Waals surface area contributed by atoms with Gasteiger partial charge >= 0.3 is 6.09 Å². The predicted molar refractivity (Wildman–Crippen MR) is 115 cm³/mol. The highest BCUT2D eigenvalue weighted by Crippen LogP contribution is 2.44. The Morgan fingerprint density at radius 2 is 1.41 bits per heavy atom. The summed E-state index contributed by atoms with van der Waals surface area (Å²) in [5, 5.41) is 22.9. The molecule has 5 nitrogen and oxygen atoms in total. The number of alkyl carbamates (subject to hydrolysis) is 1. The van der Waals surface area contributed by atoms with Crippen LogP contribution in [0.5, 0.6) is 0 Å². The van der Waals surface area contributed by atoms with Crippen molar-refractivity contribution in [3.8, 4) is 11.1 Å². The Labute approximate surface area is 184 Å². The first-order valence-corrected chi connectivity index (χ1v) is 10.3. The fraction of sp³-hybridized carbons (Fsp3) is 0.240. The minimum atomic E-state index is -2.79. The van der Waals surface area contributed by atoms with Crippen LogP contribution in [-0.4, -0.2) is 35.6 Å². The molecule has 1 aliphatic rings. The minimum absolute atomic E-state index is 0.0793. The maximum Gasteiger partial charge on any atom is 0.407 e. The van der Waals surface area contributed by atoms with Crippen LogP contribution in [0, 0.1) is 0 Å². The van der Waals surface area contributed by atoms with Crippen molar-refractivity contribution < 1.29 is 28.5 Å². The van der Waals surface area contributed by atoms with Gasteiger partial charge in [0.1, 0.15) is 18.8 Å². The smallest absolute Gasteiger partial charge is 0.407 e. The van der Waals surface area contributed by atoms with Crippen LogP contribution in [0.15, 0.2) is 72.8 Å². The van der Waals surface area contributed by atoms with Gasteiger partial charge in [-0.05, 0) is 27.8 Å². The van der Waals surface area contributed by atoms with E-state index in [1.807, 2.05) is 48.5 Å². The molecule has 0 saturated heterocycles. The Hall–Kier alpha value is -3.29. The molecule has 1 amide bonds. The van der Waals surface area contributed by atoms with E-state index in [4.69, 9.17) is 4.74 Å². The molecule has 4 rings (SSSR count). The number of halogens is 2. The van der Waals surface area contributed by atoms with Gasteiger partial charge in [-0.25, -0.2) is 13.6 Å². The summed E-state index contributed by atoms with van der Waals surface area (Å²) >= 11 is 0. The lowest BCUT2D eigenvalue weighted by atomic mass is 9.98. The summed E-state index contributed by atoms with van der Waals surface area (Å²) in [6.45, 7) is -0.248. The molecule has 0 radical (unpaired) electrons. The Kier molecular flexibility index (Phi) is 6.48. The first kappa shape index (κ1) is 21.9. The van der Waals surface area contributed by atoms with Crippen molar-refractivity contribution in [1.29, 1.82) is 0 Å². The second-order valence-electron chi connectivity index (χ2n) is 7.65. The zero-order chi connectivity index (χ0) is 22.7. The normalized spacial score (nSPS) is 14.5. The molecule has 1 aliphatic carbocycles. The number of aliphatic hydroxyl groups excluding tert-OH is 2. The number of hydrogen-bond acceptors (Lipinski definition) is 4. The number of hydrogen-bond donors (Lipinski definition) is 3. The van der Waals surface area contributed by atoms with E-state index in [0.717, 1.165) is 22.3 Å². The van der Waals surface area contributed by atoms with E-state index in [-0.39, 0.29) is 30.2 Å². The molecular weight excluding hydrogens is 416 g/mol. The fourth-order valence-corrected chi connectivity index (χ4v) is 4.14. The van der Waals surface area contributed by atoms with Gasteiger partial charge in [-0.3, -0.25) is 0 Å². The van der Waals surface area contributed by atoms with E-state index in [2.05, 4.69) is 5.32 Å². The Balaban J connectivity index is 1.35. The van der Waals surface area contributed by atoms with Crippen molar-refractivity contribution in [1.82, 2.24) is 5.32 Å². The van der Waals surface area contributed by atoms with Gasteiger partial charge in [-0.15, -0.1) is 0 Å². The average molecular weight is 439 g/mol. The largest absolute Gasteiger partial charge is 0.449 e. The van der Waals surface area contributed by atoms with E-state index < -0.39 is 24.7 Å². The van der Waals surface area contributed by atoms with E-state index in [0.29, 0.717) is 0 Å². The predicted octanol–water partition coefficient (Wildman–Crippen LogP) is 4.56. The lowest BCUT2D eigenvalue weighted by Gasteiger charge is -2.21. The molecule has 0 fully saturated rings. The maximum atomic E-state index is 13.1. The van der Waals surface area contributed by atoms with Crippen LogP contribution in [0.2, 0.25) is 0 Å². The molecule has 166 valence electrons. The van der Waals surface area contributed by atoms with Crippen LogP contribution in [0.4, 0.5) is 13.6 Å². The second kappa shape index (κ2) is 9.46. The zero-order valence-corrected chi connectivity index (χ0v) is 17.1. The molecule has 2 atom stereocenters. The van der Waals surface area contributed by atoms with Gasteiger partial charge in [0.05, 0.1) is 0 Å². The summed E-state index contributed by atoms with van der Waals surface area (Å²) in [5.74, 6) is -0.110. The highest BCUT2D eigenvalue weighted by atomic mass is 19.3. The van der Waals surface area contributed by atoms with Crippen molar-refractivity contribution in [2.45, 2.75) is 24.6 Å². The number of ether oxygens (including phenoxy) is 1. The van der Waals surface area contributed by atoms with Crippen molar-refractivity contribution >= 4 is 6.09 Å². The molecule has 3 aromatic rings. The van der Waals surface area contributed by atoms with Crippen LogP contribution in [0.25, 0.3) is 11.1 Å². The SMILES string of the molecule is O=C(NCC(O)C(O)c1ccccc1C(F)F)OCC1c2ccccc2-c2ccccc21. The van der Waals surface area contributed by atoms with Crippen LogP contribution >= 0.6 is 0 Å². The van der Waals surface area contributed by atoms with E-state index >= 15 is 0 Å². The third kappa shape index (κ3) is 4.35. The number of alkyl halides is 2. The summed E-state index contributed by atoms with van der Waals surface area (Å²) in [6.07, 6.45) is -6.60. The van der Waals surface area contributed by atoms with Crippen LogP contribution in [-0.2, 0) is 4.74 Å². The number of amides is 1. The molecule has 7 heteroatoms. The van der Waals surface area contributed by atoms with E-state index in [1.165, 1.54) is 24.3 Å². The molecule has 0 bridgehead atoms. The first-order valence-electron chi connectivity index (χ1n) is 10.3. The first-order chi connectivity index (χ1) is 15.5. The number of benzene rings is 3. The number of fused-ring (bicyclic) bond motifs is 3. The lowest BCUT2D eigenvalue weighted by Crippen LogP contribution is -2.36. The van der Waals surface area contributed by atoms with Crippen molar-refractivity contribution in [2.75, 3.05) is 13.2 Å². The Morgan fingerprint density at radius 1 is 0.875 bits per heavy atom. The van der Waals surface area contributed by atoms with E-state index in [1.54, 1.807) is 0 Å².